The summed E-state index contributed by atoms with van der Waals surface area (Å²) >= 11 is 6.15. The summed E-state index contributed by atoms with van der Waals surface area (Å²) in [6.07, 6.45) is 3.25. The van der Waals surface area contributed by atoms with Crippen LogP contribution in [0.15, 0.2) is 35.4 Å². The van der Waals surface area contributed by atoms with E-state index in [0.29, 0.717) is 33.3 Å². The molecule has 4 aromatic rings. The zero-order chi connectivity index (χ0) is 18.3. The van der Waals surface area contributed by atoms with E-state index in [4.69, 9.17) is 16.3 Å². The van der Waals surface area contributed by atoms with Crippen molar-refractivity contribution >= 4 is 22.6 Å². The number of hydrogen-bond donors (Lipinski definition) is 1. The maximum absolute atomic E-state index is 12.1. The molecule has 0 saturated heterocycles. The summed E-state index contributed by atoms with van der Waals surface area (Å²) in [5, 5.41) is 13.2. The Morgan fingerprint density at radius 2 is 2.19 bits per heavy atom. The number of hydrogen-bond acceptors (Lipinski definition) is 6. The van der Waals surface area contributed by atoms with Crippen LogP contribution in [0.5, 0.6) is 5.75 Å². The van der Waals surface area contributed by atoms with Gasteiger partial charge in [0.15, 0.2) is 5.65 Å². The van der Waals surface area contributed by atoms with Crippen LogP contribution < -0.4 is 10.3 Å². The molecular weight excluding hydrogens is 358 g/mol. The summed E-state index contributed by atoms with van der Waals surface area (Å²) in [5.41, 5.74) is 1.75. The highest BCUT2D eigenvalue weighted by Gasteiger charge is 2.11. The highest BCUT2D eigenvalue weighted by atomic mass is 35.5. The second-order valence-electron chi connectivity index (χ2n) is 5.67. The number of halogens is 1. The number of ether oxygens (including phenoxy) is 1. The van der Waals surface area contributed by atoms with Crippen molar-refractivity contribution in [3.05, 3.63) is 51.8 Å². The molecule has 0 fully saturated rings. The molecule has 1 N–H and O–H groups in total. The van der Waals surface area contributed by atoms with Gasteiger partial charge in [0.25, 0.3) is 5.56 Å². The second kappa shape index (κ2) is 6.26. The van der Waals surface area contributed by atoms with Crippen LogP contribution in [0.25, 0.3) is 22.3 Å². The van der Waals surface area contributed by atoms with Gasteiger partial charge in [-0.3, -0.25) is 9.48 Å². The van der Waals surface area contributed by atoms with Crippen LogP contribution >= 0.6 is 11.6 Å². The second-order valence-corrected chi connectivity index (χ2v) is 6.08. The summed E-state index contributed by atoms with van der Waals surface area (Å²) in [4.78, 5) is 19.3. The SMILES string of the molecule is COc1ccc(-c2cn(Cc3nc4c(cnn4C)c(=O)[nH]3)nn2)cc1Cl. The minimum atomic E-state index is -0.236. The number of aryl methyl sites for hydroxylation is 1. The number of aromatic nitrogens is 7. The first kappa shape index (κ1) is 16.3. The standard InChI is InChI=1S/C16H14ClN7O2/c1-23-15-10(6-18-23)16(25)20-14(19-15)8-24-7-12(21-22-24)9-3-4-13(26-2)11(17)5-9/h3-7H,8H2,1-2H3,(H,19,20,25). The molecule has 0 aliphatic carbocycles. The van der Waals surface area contributed by atoms with E-state index in [1.807, 2.05) is 6.07 Å². The summed E-state index contributed by atoms with van der Waals surface area (Å²) in [6.45, 7) is 0.271. The molecule has 0 radical (unpaired) electrons. The van der Waals surface area contributed by atoms with Crippen molar-refractivity contribution in [1.82, 2.24) is 34.7 Å². The highest BCUT2D eigenvalue weighted by Crippen LogP contribution is 2.29. The summed E-state index contributed by atoms with van der Waals surface area (Å²) in [6, 6.07) is 5.38. The fraction of sp³-hybridized carbons (Fsp3) is 0.188. The largest absolute Gasteiger partial charge is 0.495 e. The fourth-order valence-corrected chi connectivity index (χ4v) is 2.90. The van der Waals surface area contributed by atoms with Gasteiger partial charge in [0.05, 0.1) is 24.5 Å². The number of rotatable bonds is 4. The van der Waals surface area contributed by atoms with Gasteiger partial charge in [0, 0.05) is 12.6 Å². The van der Waals surface area contributed by atoms with Crippen molar-refractivity contribution in [3.63, 3.8) is 0 Å². The molecule has 0 saturated carbocycles. The van der Waals surface area contributed by atoms with Gasteiger partial charge in [-0.05, 0) is 18.2 Å². The van der Waals surface area contributed by atoms with E-state index in [1.54, 1.807) is 41.9 Å². The number of H-pyrrole nitrogens is 1. The molecule has 0 unspecified atom stereocenters. The van der Waals surface area contributed by atoms with Crippen molar-refractivity contribution in [2.75, 3.05) is 7.11 Å². The lowest BCUT2D eigenvalue weighted by atomic mass is 10.1. The van der Waals surface area contributed by atoms with Crippen molar-refractivity contribution in [2.45, 2.75) is 6.54 Å². The molecule has 0 amide bonds. The molecule has 0 spiro atoms. The quantitative estimate of drug-likeness (QED) is 0.584. The predicted molar refractivity (Wildman–Crippen MR) is 95.3 cm³/mol. The van der Waals surface area contributed by atoms with Gasteiger partial charge in [-0.15, -0.1) is 5.10 Å². The molecule has 132 valence electrons. The third-order valence-corrected chi connectivity index (χ3v) is 4.24. The van der Waals surface area contributed by atoms with Gasteiger partial charge >= 0.3 is 0 Å². The van der Waals surface area contributed by atoms with Gasteiger partial charge in [0.1, 0.15) is 29.2 Å². The summed E-state index contributed by atoms with van der Waals surface area (Å²) in [5.74, 6) is 1.06. The van der Waals surface area contributed by atoms with Gasteiger partial charge in [0.2, 0.25) is 0 Å². The Labute approximate surface area is 152 Å². The summed E-state index contributed by atoms with van der Waals surface area (Å²) < 4.78 is 8.29. The number of fused-ring (bicyclic) bond motifs is 1. The Bertz CT molecular complexity index is 1160. The third kappa shape index (κ3) is 2.82. The lowest BCUT2D eigenvalue weighted by Crippen LogP contribution is -2.15. The molecule has 0 aliphatic rings. The van der Waals surface area contributed by atoms with Crippen molar-refractivity contribution in [1.29, 1.82) is 0 Å². The Balaban J connectivity index is 1.64. The summed E-state index contributed by atoms with van der Waals surface area (Å²) in [7, 11) is 3.30. The molecule has 0 aliphatic heterocycles. The minimum absolute atomic E-state index is 0.236. The van der Waals surface area contributed by atoms with Crippen molar-refractivity contribution in [3.8, 4) is 17.0 Å². The molecule has 0 bridgehead atoms. The first-order valence-corrected chi connectivity index (χ1v) is 8.08. The van der Waals surface area contributed by atoms with Crippen LogP contribution in [-0.4, -0.2) is 41.9 Å². The molecule has 9 nitrogen and oxygen atoms in total. The normalized spacial score (nSPS) is 11.2. The van der Waals surface area contributed by atoms with Crippen LogP contribution in [-0.2, 0) is 13.6 Å². The van der Waals surface area contributed by atoms with Crippen LogP contribution in [0.1, 0.15) is 5.82 Å². The lowest BCUT2D eigenvalue weighted by Gasteiger charge is -2.03. The Kier molecular flexibility index (Phi) is 3.92. The van der Waals surface area contributed by atoms with Crippen molar-refractivity contribution < 1.29 is 4.74 Å². The van der Waals surface area contributed by atoms with Crippen LogP contribution in [0, 0.1) is 0 Å². The zero-order valence-electron chi connectivity index (χ0n) is 14.0. The predicted octanol–water partition coefficient (Wildman–Crippen LogP) is 1.63. The monoisotopic (exact) mass is 371 g/mol. The average Bonchev–Trinajstić information content (AvgIpc) is 3.23. The van der Waals surface area contributed by atoms with E-state index in [1.165, 1.54) is 6.20 Å². The van der Waals surface area contributed by atoms with E-state index in [-0.39, 0.29) is 12.1 Å². The molecule has 0 atom stereocenters. The van der Waals surface area contributed by atoms with Gasteiger partial charge in [-0.2, -0.15) is 5.10 Å². The number of benzene rings is 1. The number of methoxy groups -OCH3 is 1. The third-order valence-electron chi connectivity index (χ3n) is 3.95. The van der Waals surface area contributed by atoms with Gasteiger partial charge < -0.3 is 9.72 Å². The maximum Gasteiger partial charge on any atom is 0.262 e. The number of aromatic amines is 1. The fourth-order valence-electron chi connectivity index (χ4n) is 2.64. The Hall–Kier alpha value is -3.20. The van der Waals surface area contributed by atoms with Crippen LogP contribution in [0.2, 0.25) is 5.02 Å². The molecule has 3 heterocycles. The van der Waals surface area contributed by atoms with E-state index in [9.17, 15) is 4.79 Å². The Morgan fingerprint density at radius 1 is 1.35 bits per heavy atom. The van der Waals surface area contributed by atoms with E-state index in [2.05, 4.69) is 25.4 Å². The van der Waals surface area contributed by atoms with E-state index in [0.717, 1.165) is 5.56 Å². The van der Waals surface area contributed by atoms with Crippen LogP contribution in [0.3, 0.4) is 0 Å². The molecular formula is C16H14ClN7O2. The smallest absolute Gasteiger partial charge is 0.262 e. The maximum atomic E-state index is 12.1. The number of nitrogens with one attached hydrogen (secondary N) is 1. The van der Waals surface area contributed by atoms with Gasteiger partial charge in [-0.25, -0.2) is 9.67 Å². The average molecular weight is 372 g/mol. The van der Waals surface area contributed by atoms with Crippen LogP contribution in [0.4, 0.5) is 0 Å². The topological polar surface area (TPSA) is 104 Å². The van der Waals surface area contributed by atoms with E-state index < -0.39 is 0 Å². The van der Waals surface area contributed by atoms with Crippen molar-refractivity contribution in [2.24, 2.45) is 7.05 Å². The first-order valence-electron chi connectivity index (χ1n) is 7.70. The molecule has 26 heavy (non-hydrogen) atoms. The minimum Gasteiger partial charge on any atom is -0.495 e. The lowest BCUT2D eigenvalue weighted by molar-refractivity contribution is 0.415. The molecule has 1 aromatic carbocycles. The molecule has 10 heteroatoms. The zero-order valence-corrected chi connectivity index (χ0v) is 14.7. The molecule has 3 aromatic heterocycles. The van der Waals surface area contributed by atoms with E-state index >= 15 is 0 Å². The van der Waals surface area contributed by atoms with Gasteiger partial charge in [-0.1, -0.05) is 16.8 Å². The Morgan fingerprint density at radius 3 is 2.96 bits per heavy atom. The first-order chi connectivity index (χ1) is 12.5. The molecule has 4 rings (SSSR count). The number of nitrogens with zero attached hydrogens (tertiary/aromatic N) is 6. The highest BCUT2D eigenvalue weighted by molar-refractivity contribution is 6.32.